The normalized spacial score (nSPS) is 24.6. The smallest absolute Gasteiger partial charge is 0.326 e. The van der Waals surface area contributed by atoms with Gasteiger partial charge in [0.05, 0.1) is 32.1 Å². The Kier molecular flexibility index (Phi) is 4.18. The third-order valence-corrected chi connectivity index (χ3v) is 5.60. The molecule has 25 heavy (non-hydrogen) atoms. The quantitative estimate of drug-likeness (QED) is 0.809. The number of piperidine rings is 1. The molecule has 2 heterocycles. The molecule has 1 saturated heterocycles. The largest absolute Gasteiger partial charge is 0.337 e. The van der Waals surface area contributed by atoms with E-state index < -0.39 is 0 Å². The summed E-state index contributed by atoms with van der Waals surface area (Å²) >= 11 is 6.05. The SMILES string of the molecule is Cc1ccc2c(c1)[C@@H]1C[NH+](C)CC[C@H]1N2C(=O)Nc1cccc(Cl)c1. The molecule has 3 atom stereocenters. The number of likely N-dealkylation sites (N-methyl/N-ethyl adjacent to an activating group) is 1. The number of halogens is 1. The fourth-order valence-electron chi connectivity index (χ4n) is 4.21. The van der Waals surface area contributed by atoms with E-state index in [1.807, 2.05) is 17.0 Å². The van der Waals surface area contributed by atoms with Gasteiger partial charge in [-0.3, -0.25) is 4.90 Å². The van der Waals surface area contributed by atoms with Gasteiger partial charge < -0.3 is 10.2 Å². The predicted octanol–water partition coefficient (Wildman–Crippen LogP) is 3.07. The van der Waals surface area contributed by atoms with Crippen molar-refractivity contribution in [3.8, 4) is 0 Å². The maximum Gasteiger partial charge on any atom is 0.326 e. The van der Waals surface area contributed by atoms with E-state index in [9.17, 15) is 4.79 Å². The number of likely N-dealkylation sites (tertiary alicyclic amines) is 1. The summed E-state index contributed by atoms with van der Waals surface area (Å²) in [7, 11) is 2.24. The zero-order chi connectivity index (χ0) is 17.6. The van der Waals surface area contributed by atoms with Gasteiger partial charge in [-0.1, -0.05) is 35.4 Å². The highest BCUT2D eigenvalue weighted by atomic mass is 35.5. The highest BCUT2D eigenvalue weighted by Gasteiger charge is 2.45. The molecule has 0 radical (unpaired) electrons. The Hall–Kier alpha value is -2.04. The van der Waals surface area contributed by atoms with Crippen LogP contribution in [0, 0.1) is 6.92 Å². The summed E-state index contributed by atoms with van der Waals surface area (Å²) in [6, 6.07) is 13.9. The van der Waals surface area contributed by atoms with Gasteiger partial charge >= 0.3 is 6.03 Å². The summed E-state index contributed by atoms with van der Waals surface area (Å²) in [5, 5.41) is 3.64. The number of fused-ring (bicyclic) bond motifs is 3. The van der Waals surface area contributed by atoms with Crippen molar-refractivity contribution in [3.05, 3.63) is 58.6 Å². The molecule has 130 valence electrons. The molecule has 4 rings (SSSR count). The number of aryl methyl sites for hydroxylation is 1. The lowest BCUT2D eigenvalue weighted by atomic mass is 9.89. The topological polar surface area (TPSA) is 36.8 Å². The van der Waals surface area contributed by atoms with Crippen LogP contribution in [0.1, 0.15) is 23.5 Å². The molecule has 4 nitrogen and oxygen atoms in total. The number of anilines is 2. The lowest BCUT2D eigenvalue weighted by Gasteiger charge is -2.34. The summed E-state index contributed by atoms with van der Waals surface area (Å²) in [5.74, 6) is 0.411. The second-order valence-electron chi connectivity index (χ2n) is 7.25. The molecular formula is C20H23ClN3O+. The molecule has 2 aliphatic heterocycles. The number of amides is 2. The molecule has 0 bridgehead atoms. The lowest BCUT2D eigenvalue weighted by molar-refractivity contribution is -0.886. The van der Waals surface area contributed by atoms with Crippen LogP contribution in [0.3, 0.4) is 0 Å². The van der Waals surface area contributed by atoms with E-state index in [4.69, 9.17) is 11.6 Å². The molecule has 2 aliphatic rings. The van der Waals surface area contributed by atoms with Gasteiger partial charge in [0, 0.05) is 22.8 Å². The molecule has 1 fully saturated rings. The van der Waals surface area contributed by atoms with Crippen molar-refractivity contribution < 1.29 is 9.69 Å². The first kappa shape index (κ1) is 16.4. The minimum atomic E-state index is -0.0700. The van der Waals surface area contributed by atoms with Crippen molar-refractivity contribution in [1.29, 1.82) is 0 Å². The second kappa shape index (κ2) is 6.36. The third kappa shape index (κ3) is 3.00. The molecule has 2 N–H and O–H groups in total. The standard InChI is InChI=1S/C20H22ClN3O/c1-13-6-7-18-16(10-13)17-12-23(2)9-8-19(17)24(18)20(25)22-15-5-3-4-14(21)11-15/h3-7,10-11,17,19H,8-9,12H2,1-2H3,(H,22,25)/p+1/t17-,19+/m0/s1. The molecular weight excluding hydrogens is 334 g/mol. The number of benzene rings is 2. The zero-order valence-corrected chi connectivity index (χ0v) is 15.3. The predicted molar refractivity (Wildman–Crippen MR) is 102 cm³/mol. The fraction of sp³-hybridized carbons (Fsp3) is 0.350. The number of hydrogen-bond donors (Lipinski definition) is 2. The van der Waals surface area contributed by atoms with Gasteiger partial charge in [0.25, 0.3) is 0 Å². The van der Waals surface area contributed by atoms with E-state index in [0.29, 0.717) is 10.9 Å². The second-order valence-corrected chi connectivity index (χ2v) is 7.68. The summed E-state index contributed by atoms with van der Waals surface area (Å²) in [6.07, 6.45) is 1.02. The van der Waals surface area contributed by atoms with E-state index in [1.165, 1.54) is 16.0 Å². The van der Waals surface area contributed by atoms with E-state index in [0.717, 1.165) is 30.9 Å². The van der Waals surface area contributed by atoms with Crippen LogP contribution in [-0.4, -0.2) is 32.2 Å². The zero-order valence-electron chi connectivity index (χ0n) is 14.6. The lowest BCUT2D eigenvalue weighted by Crippen LogP contribution is -3.11. The van der Waals surface area contributed by atoms with E-state index in [2.05, 4.69) is 37.5 Å². The molecule has 2 aromatic rings. The Bertz CT molecular complexity index is 822. The average Bonchev–Trinajstić information content (AvgIpc) is 2.88. The number of carbonyl (C=O) groups is 1. The Morgan fingerprint density at radius 1 is 1.28 bits per heavy atom. The van der Waals surface area contributed by atoms with E-state index in [1.54, 1.807) is 12.1 Å². The number of nitrogens with zero attached hydrogens (tertiary/aromatic N) is 1. The van der Waals surface area contributed by atoms with Gasteiger partial charge in [0.15, 0.2) is 0 Å². The molecule has 2 amide bonds. The maximum absolute atomic E-state index is 13.1. The third-order valence-electron chi connectivity index (χ3n) is 5.37. The van der Waals surface area contributed by atoms with Crippen molar-refractivity contribution >= 4 is 29.0 Å². The Morgan fingerprint density at radius 3 is 2.92 bits per heavy atom. The van der Waals surface area contributed by atoms with E-state index >= 15 is 0 Å². The van der Waals surface area contributed by atoms with Crippen LogP contribution in [0.4, 0.5) is 16.2 Å². The fourth-order valence-corrected chi connectivity index (χ4v) is 4.40. The molecule has 0 saturated carbocycles. The summed E-state index contributed by atoms with van der Waals surface area (Å²) < 4.78 is 0. The first-order valence-corrected chi connectivity index (χ1v) is 9.18. The van der Waals surface area contributed by atoms with Gasteiger partial charge in [-0.2, -0.15) is 0 Å². The van der Waals surface area contributed by atoms with Crippen LogP contribution in [-0.2, 0) is 0 Å². The number of nitrogens with one attached hydrogen (secondary N) is 2. The number of urea groups is 1. The van der Waals surface area contributed by atoms with Crippen LogP contribution in [0.2, 0.25) is 5.02 Å². The Morgan fingerprint density at radius 2 is 2.12 bits per heavy atom. The van der Waals surface area contributed by atoms with Crippen LogP contribution in [0.15, 0.2) is 42.5 Å². The summed E-state index contributed by atoms with van der Waals surface area (Å²) in [4.78, 5) is 16.6. The molecule has 0 aliphatic carbocycles. The number of hydrogen-bond acceptors (Lipinski definition) is 1. The number of quaternary nitrogens is 1. The molecule has 1 unspecified atom stereocenters. The molecule has 2 aromatic carbocycles. The first-order chi connectivity index (χ1) is 12.0. The van der Waals surface area contributed by atoms with Crippen LogP contribution < -0.4 is 15.1 Å². The highest BCUT2D eigenvalue weighted by Crippen LogP contribution is 2.43. The average molecular weight is 357 g/mol. The maximum atomic E-state index is 13.1. The Balaban J connectivity index is 1.67. The van der Waals surface area contributed by atoms with Crippen molar-refractivity contribution in [2.75, 3.05) is 30.4 Å². The van der Waals surface area contributed by atoms with Gasteiger partial charge in [-0.15, -0.1) is 0 Å². The summed E-state index contributed by atoms with van der Waals surface area (Å²) in [6.45, 7) is 4.28. The summed E-state index contributed by atoms with van der Waals surface area (Å²) in [5.41, 5.74) is 4.34. The molecule has 0 aromatic heterocycles. The van der Waals surface area contributed by atoms with Crippen molar-refractivity contribution in [2.45, 2.75) is 25.3 Å². The van der Waals surface area contributed by atoms with Gasteiger partial charge in [0.1, 0.15) is 0 Å². The minimum absolute atomic E-state index is 0.0700. The number of carbonyl (C=O) groups excluding carboxylic acids is 1. The van der Waals surface area contributed by atoms with Gasteiger partial charge in [-0.05, 0) is 36.8 Å². The van der Waals surface area contributed by atoms with Gasteiger partial charge in [-0.25, -0.2) is 4.79 Å². The monoisotopic (exact) mass is 356 g/mol. The molecule has 5 heteroatoms. The minimum Gasteiger partial charge on any atom is -0.337 e. The van der Waals surface area contributed by atoms with Crippen molar-refractivity contribution in [3.63, 3.8) is 0 Å². The van der Waals surface area contributed by atoms with E-state index in [-0.39, 0.29) is 12.1 Å². The van der Waals surface area contributed by atoms with Crippen LogP contribution in [0.25, 0.3) is 0 Å². The highest BCUT2D eigenvalue weighted by molar-refractivity contribution is 6.30. The van der Waals surface area contributed by atoms with Crippen LogP contribution in [0.5, 0.6) is 0 Å². The van der Waals surface area contributed by atoms with Gasteiger partial charge in [0.2, 0.25) is 0 Å². The van der Waals surface area contributed by atoms with Crippen LogP contribution >= 0.6 is 11.6 Å². The number of rotatable bonds is 1. The van der Waals surface area contributed by atoms with Crippen molar-refractivity contribution in [1.82, 2.24) is 0 Å². The Labute approximate surface area is 153 Å². The molecule has 0 spiro atoms. The first-order valence-electron chi connectivity index (χ1n) is 8.80. The van der Waals surface area contributed by atoms with Crippen molar-refractivity contribution in [2.24, 2.45) is 0 Å².